The summed E-state index contributed by atoms with van der Waals surface area (Å²) in [4.78, 5) is 2.46. The molecule has 1 heterocycles. The van der Waals surface area contributed by atoms with E-state index in [0.29, 0.717) is 0 Å². The Morgan fingerprint density at radius 3 is 1.91 bits per heavy atom. The second-order valence-corrected chi connectivity index (χ2v) is 15.3. The molecule has 1 aliphatic carbocycles. The van der Waals surface area contributed by atoms with Crippen molar-refractivity contribution in [3.8, 4) is 33.4 Å². The van der Waals surface area contributed by atoms with E-state index in [1.807, 2.05) is 12.1 Å². The molecule has 0 spiro atoms. The average molecular weight is 704 g/mol. The van der Waals surface area contributed by atoms with Crippen LogP contribution in [0.25, 0.3) is 76.9 Å². The summed E-state index contributed by atoms with van der Waals surface area (Å²) in [6.07, 6.45) is 0. The molecule has 260 valence electrons. The predicted molar refractivity (Wildman–Crippen MR) is 232 cm³/mol. The first-order chi connectivity index (χ1) is 27.0. The highest BCUT2D eigenvalue weighted by molar-refractivity contribution is 6.13. The number of rotatable bonds is 5. The Morgan fingerprint density at radius 1 is 0.400 bits per heavy atom. The van der Waals surface area contributed by atoms with Crippen LogP contribution in [-0.2, 0) is 5.41 Å². The maximum absolute atomic E-state index is 6.28. The van der Waals surface area contributed by atoms with E-state index >= 15 is 0 Å². The Bertz CT molecular complexity index is 3130. The lowest BCUT2D eigenvalue weighted by Gasteiger charge is -2.30. The lowest BCUT2D eigenvalue weighted by atomic mass is 9.82. The third-order valence-corrected chi connectivity index (χ3v) is 11.9. The maximum Gasteiger partial charge on any atom is 0.136 e. The van der Waals surface area contributed by atoms with Crippen molar-refractivity contribution in [1.82, 2.24) is 0 Å². The number of hydrogen-bond donors (Lipinski definition) is 0. The number of anilines is 3. The van der Waals surface area contributed by atoms with E-state index in [4.69, 9.17) is 4.42 Å². The van der Waals surface area contributed by atoms with E-state index in [2.05, 4.69) is 195 Å². The first-order valence-corrected chi connectivity index (χ1v) is 19.1. The van der Waals surface area contributed by atoms with Crippen LogP contribution < -0.4 is 4.90 Å². The first-order valence-electron chi connectivity index (χ1n) is 19.1. The van der Waals surface area contributed by atoms with Crippen molar-refractivity contribution in [3.05, 3.63) is 199 Å². The van der Waals surface area contributed by atoms with Gasteiger partial charge in [-0.05, 0) is 97.6 Å². The second-order valence-electron chi connectivity index (χ2n) is 15.3. The normalized spacial score (nSPS) is 13.1. The Morgan fingerprint density at radius 2 is 1.02 bits per heavy atom. The number of furan rings is 1. The number of para-hydroxylation sites is 2. The fraction of sp³-hybridized carbons (Fsp3) is 0.0566. The molecule has 0 fully saturated rings. The van der Waals surface area contributed by atoms with Gasteiger partial charge >= 0.3 is 0 Å². The molecule has 9 aromatic carbocycles. The van der Waals surface area contributed by atoms with Gasteiger partial charge in [0.2, 0.25) is 0 Å². The van der Waals surface area contributed by atoms with Crippen molar-refractivity contribution < 1.29 is 4.42 Å². The minimum Gasteiger partial charge on any atom is -0.456 e. The molecule has 2 nitrogen and oxygen atoms in total. The van der Waals surface area contributed by atoms with Crippen LogP contribution in [-0.4, -0.2) is 0 Å². The molecule has 11 rings (SSSR count). The Kier molecular flexibility index (Phi) is 6.93. The molecule has 0 atom stereocenters. The highest BCUT2D eigenvalue weighted by Crippen LogP contribution is 2.54. The van der Waals surface area contributed by atoms with Gasteiger partial charge in [0.25, 0.3) is 0 Å². The molecule has 0 saturated heterocycles. The number of benzene rings is 9. The molecule has 0 saturated carbocycles. The van der Waals surface area contributed by atoms with E-state index in [-0.39, 0.29) is 5.41 Å². The molecule has 0 radical (unpaired) electrons. The van der Waals surface area contributed by atoms with E-state index in [0.717, 1.165) is 50.1 Å². The lowest BCUT2D eigenvalue weighted by Crippen LogP contribution is -2.15. The summed E-state index contributed by atoms with van der Waals surface area (Å²) >= 11 is 0. The minimum absolute atomic E-state index is 0.0888. The molecule has 0 amide bonds. The summed E-state index contributed by atoms with van der Waals surface area (Å²) in [5.74, 6) is 0. The van der Waals surface area contributed by atoms with Crippen molar-refractivity contribution in [2.45, 2.75) is 19.3 Å². The Labute approximate surface area is 320 Å². The predicted octanol–water partition coefficient (Wildman–Crippen LogP) is 15.0. The summed E-state index contributed by atoms with van der Waals surface area (Å²) in [6.45, 7) is 4.71. The standard InChI is InChI=1S/C53H37NO/c1-53(2)46-20-8-5-17-45(46)52-44(19-11-21-47(52)53)40-15-6-9-22-48(40)54(49-23-12-18-39-38-14-4-3-13-35(38)27-31-41(39)49)37-29-25-34(26-30-37)36-28-32-43-42-16-7-10-24-50(42)55-51(43)33-36/h3-33H,1-2H3. The molecule has 0 N–H and O–H groups in total. The van der Waals surface area contributed by atoms with Gasteiger partial charge in [0.15, 0.2) is 0 Å². The molecule has 1 aliphatic rings. The Balaban J connectivity index is 1.12. The van der Waals surface area contributed by atoms with Crippen LogP contribution in [0.3, 0.4) is 0 Å². The van der Waals surface area contributed by atoms with Gasteiger partial charge in [-0.1, -0.05) is 159 Å². The van der Waals surface area contributed by atoms with Gasteiger partial charge < -0.3 is 9.32 Å². The topological polar surface area (TPSA) is 16.4 Å². The molecule has 1 aromatic heterocycles. The van der Waals surface area contributed by atoms with Crippen LogP contribution in [0.5, 0.6) is 0 Å². The summed E-state index contributed by atoms with van der Waals surface area (Å²) in [5, 5.41) is 7.23. The zero-order valence-electron chi connectivity index (χ0n) is 30.8. The average Bonchev–Trinajstić information content (AvgIpc) is 3.73. The monoisotopic (exact) mass is 703 g/mol. The fourth-order valence-corrected chi connectivity index (χ4v) is 9.21. The zero-order chi connectivity index (χ0) is 36.7. The summed E-state index contributed by atoms with van der Waals surface area (Å²) in [7, 11) is 0. The highest BCUT2D eigenvalue weighted by Gasteiger charge is 2.37. The van der Waals surface area contributed by atoms with E-state index < -0.39 is 0 Å². The number of nitrogens with zero attached hydrogens (tertiary/aromatic N) is 1. The van der Waals surface area contributed by atoms with Crippen molar-refractivity contribution in [2.24, 2.45) is 0 Å². The SMILES string of the molecule is CC1(C)c2ccccc2-c2c(-c3ccccc3N(c3ccc(-c4ccc5c(c4)oc4ccccc45)cc3)c3cccc4c3ccc3ccccc34)cccc21. The lowest BCUT2D eigenvalue weighted by molar-refractivity contribution is 0.660. The van der Waals surface area contributed by atoms with Crippen molar-refractivity contribution in [2.75, 3.05) is 4.90 Å². The smallest absolute Gasteiger partial charge is 0.136 e. The van der Waals surface area contributed by atoms with Crippen molar-refractivity contribution in [1.29, 1.82) is 0 Å². The summed E-state index contributed by atoms with van der Waals surface area (Å²) < 4.78 is 6.28. The largest absolute Gasteiger partial charge is 0.456 e. The van der Waals surface area contributed by atoms with Gasteiger partial charge in [-0.15, -0.1) is 0 Å². The highest BCUT2D eigenvalue weighted by atomic mass is 16.3. The van der Waals surface area contributed by atoms with E-state index in [1.54, 1.807) is 0 Å². The second kappa shape index (κ2) is 12.1. The molecule has 10 aromatic rings. The van der Waals surface area contributed by atoms with Crippen LogP contribution in [0.1, 0.15) is 25.0 Å². The van der Waals surface area contributed by atoms with Gasteiger partial charge in [-0.3, -0.25) is 0 Å². The quantitative estimate of drug-likeness (QED) is 0.166. The van der Waals surface area contributed by atoms with Gasteiger partial charge in [0.05, 0.1) is 11.4 Å². The third-order valence-electron chi connectivity index (χ3n) is 11.9. The van der Waals surface area contributed by atoms with Crippen LogP contribution in [0, 0.1) is 0 Å². The van der Waals surface area contributed by atoms with Gasteiger partial charge in [0.1, 0.15) is 11.2 Å². The third kappa shape index (κ3) is 4.81. The molecular weight excluding hydrogens is 667 g/mol. The van der Waals surface area contributed by atoms with E-state index in [1.165, 1.54) is 54.9 Å². The van der Waals surface area contributed by atoms with Crippen LogP contribution in [0.4, 0.5) is 17.1 Å². The molecule has 0 aliphatic heterocycles. The minimum atomic E-state index is -0.0888. The first kappa shape index (κ1) is 31.6. The van der Waals surface area contributed by atoms with Crippen molar-refractivity contribution >= 4 is 60.5 Å². The van der Waals surface area contributed by atoms with Gasteiger partial charge in [0, 0.05) is 32.8 Å². The van der Waals surface area contributed by atoms with Gasteiger partial charge in [-0.2, -0.15) is 0 Å². The summed E-state index contributed by atoms with van der Waals surface area (Å²) in [5.41, 5.74) is 15.2. The van der Waals surface area contributed by atoms with Crippen LogP contribution in [0.15, 0.2) is 192 Å². The molecular formula is C53H37NO. The van der Waals surface area contributed by atoms with Crippen molar-refractivity contribution in [3.63, 3.8) is 0 Å². The molecule has 55 heavy (non-hydrogen) atoms. The molecule has 2 heteroatoms. The molecule has 0 bridgehead atoms. The number of hydrogen-bond acceptors (Lipinski definition) is 2. The van der Waals surface area contributed by atoms with Gasteiger partial charge in [-0.25, -0.2) is 0 Å². The molecule has 0 unspecified atom stereocenters. The zero-order valence-corrected chi connectivity index (χ0v) is 30.8. The van der Waals surface area contributed by atoms with E-state index in [9.17, 15) is 0 Å². The Hall–Kier alpha value is -6.90. The van der Waals surface area contributed by atoms with Crippen LogP contribution in [0.2, 0.25) is 0 Å². The maximum atomic E-state index is 6.28. The fourth-order valence-electron chi connectivity index (χ4n) is 9.21. The number of fused-ring (bicyclic) bond motifs is 9. The van der Waals surface area contributed by atoms with Crippen LogP contribution >= 0.6 is 0 Å². The summed E-state index contributed by atoms with van der Waals surface area (Å²) in [6, 6.07) is 68.5.